The highest BCUT2D eigenvalue weighted by Crippen LogP contribution is 2.11. The Labute approximate surface area is 130 Å². The molecule has 0 aromatic heterocycles. The zero-order valence-electron chi connectivity index (χ0n) is 10.9. The Balaban J connectivity index is 2.19. The largest absolute Gasteiger partial charge is 0.411 e. The van der Waals surface area contributed by atoms with E-state index >= 15 is 0 Å². The van der Waals surface area contributed by atoms with Gasteiger partial charge in [-0.15, -0.1) is 0 Å². The minimum atomic E-state index is -0.351. The smallest absolute Gasteiger partial charge is 0.271 e. The molecule has 0 atom stereocenters. The Bertz CT molecular complexity index is 684. The standard InChI is InChI=1S/C15H12BrN3O2/c16-13-8-4-7-12(9-13)15(20)19-18-14(10-17-21)11-5-2-1-3-6-11/h1-10,21H,(H,19,20)/b17-10+,18-14-. The predicted molar refractivity (Wildman–Crippen MR) is 84.9 cm³/mol. The van der Waals surface area contributed by atoms with E-state index in [4.69, 9.17) is 5.21 Å². The van der Waals surface area contributed by atoms with E-state index in [1.807, 2.05) is 24.3 Å². The van der Waals surface area contributed by atoms with Gasteiger partial charge >= 0.3 is 0 Å². The second-order valence-corrected chi connectivity index (χ2v) is 4.97. The number of carbonyl (C=O) groups excluding carboxylic acids is 1. The molecule has 1 amide bonds. The average molecular weight is 346 g/mol. The first kappa shape index (κ1) is 14.9. The summed E-state index contributed by atoms with van der Waals surface area (Å²) in [7, 11) is 0. The molecule has 2 N–H and O–H groups in total. The molecule has 0 heterocycles. The van der Waals surface area contributed by atoms with E-state index in [0.717, 1.165) is 16.3 Å². The van der Waals surface area contributed by atoms with Crippen LogP contribution in [0.25, 0.3) is 0 Å². The lowest BCUT2D eigenvalue weighted by atomic mass is 10.1. The molecule has 0 saturated heterocycles. The van der Waals surface area contributed by atoms with Crippen LogP contribution in [0.5, 0.6) is 0 Å². The van der Waals surface area contributed by atoms with E-state index in [-0.39, 0.29) is 5.91 Å². The summed E-state index contributed by atoms with van der Waals surface area (Å²) >= 11 is 3.30. The fourth-order valence-electron chi connectivity index (χ4n) is 1.64. The second-order valence-electron chi connectivity index (χ2n) is 4.06. The molecular weight excluding hydrogens is 334 g/mol. The van der Waals surface area contributed by atoms with Gasteiger partial charge in [-0.3, -0.25) is 4.79 Å². The van der Waals surface area contributed by atoms with Crippen LogP contribution >= 0.6 is 15.9 Å². The Kier molecular flexibility index (Phi) is 5.22. The molecule has 6 heteroatoms. The van der Waals surface area contributed by atoms with Crippen molar-refractivity contribution in [2.24, 2.45) is 10.3 Å². The molecule has 2 aromatic carbocycles. The monoisotopic (exact) mass is 345 g/mol. The molecule has 106 valence electrons. The highest BCUT2D eigenvalue weighted by atomic mass is 79.9. The average Bonchev–Trinajstić information content (AvgIpc) is 2.52. The van der Waals surface area contributed by atoms with Crippen LogP contribution in [0.4, 0.5) is 0 Å². The topological polar surface area (TPSA) is 74.0 Å². The van der Waals surface area contributed by atoms with Gasteiger partial charge in [-0.2, -0.15) is 5.10 Å². The summed E-state index contributed by atoms with van der Waals surface area (Å²) in [5.41, 5.74) is 3.98. The third-order valence-electron chi connectivity index (χ3n) is 2.61. The number of carbonyl (C=O) groups is 1. The molecule has 0 radical (unpaired) electrons. The van der Waals surface area contributed by atoms with Crippen molar-refractivity contribution in [3.05, 3.63) is 70.2 Å². The number of amides is 1. The molecule has 0 aliphatic carbocycles. The van der Waals surface area contributed by atoms with Gasteiger partial charge in [0, 0.05) is 15.6 Å². The fraction of sp³-hybridized carbons (Fsp3) is 0. The molecular formula is C15H12BrN3O2. The summed E-state index contributed by atoms with van der Waals surface area (Å²) < 4.78 is 0.805. The molecule has 2 aromatic rings. The van der Waals surface area contributed by atoms with Crippen molar-refractivity contribution in [3.8, 4) is 0 Å². The minimum absolute atomic E-state index is 0.349. The fourth-order valence-corrected chi connectivity index (χ4v) is 2.04. The van der Waals surface area contributed by atoms with Crippen molar-refractivity contribution in [3.63, 3.8) is 0 Å². The van der Waals surface area contributed by atoms with Crippen molar-refractivity contribution in [2.75, 3.05) is 0 Å². The van der Waals surface area contributed by atoms with Crippen LogP contribution in [0.15, 0.2) is 69.3 Å². The van der Waals surface area contributed by atoms with E-state index < -0.39 is 0 Å². The second kappa shape index (κ2) is 7.35. The highest BCUT2D eigenvalue weighted by molar-refractivity contribution is 9.10. The lowest BCUT2D eigenvalue weighted by Gasteiger charge is -2.03. The van der Waals surface area contributed by atoms with Gasteiger partial charge in [0.05, 0.1) is 6.21 Å². The highest BCUT2D eigenvalue weighted by Gasteiger charge is 2.06. The van der Waals surface area contributed by atoms with Gasteiger partial charge in [0.2, 0.25) is 0 Å². The number of nitrogens with one attached hydrogen (secondary N) is 1. The molecule has 0 bridgehead atoms. The number of hydrogen-bond acceptors (Lipinski definition) is 4. The Hall–Kier alpha value is -2.47. The van der Waals surface area contributed by atoms with E-state index in [0.29, 0.717) is 11.3 Å². The zero-order valence-corrected chi connectivity index (χ0v) is 12.5. The number of halogens is 1. The molecule has 21 heavy (non-hydrogen) atoms. The third kappa shape index (κ3) is 4.25. The molecule has 0 aliphatic heterocycles. The summed E-state index contributed by atoms with van der Waals surface area (Å²) in [6, 6.07) is 16.1. The van der Waals surface area contributed by atoms with Crippen molar-refractivity contribution in [1.29, 1.82) is 0 Å². The molecule has 5 nitrogen and oxygen atoms in total. The quantitative estimate of drug-likeness (QED) is 0.507. The summed E-state index contributed by atoms with van der Waals surface area (Å²) in [4.78, 5) is 12.0. The van der Waals surface area contributed by atoms with Gasteiger partial charge in [0.1, 0.15) is 5.71 Å². The number of hydrazone groups is 1. The maximum atomic E-state index is 12.0. The van der Waals surface area contributed by atoms with Crippen molar-refractivity contribution in [2.45, 2.75) is 0 Å². The van der Waals surface area contributed by atoms with Gasteiger partial charge < -0.3 is 5.21 Å². The summed E-state index contributed by atoms with van der Waals surface area (Å²) in [6.07, 6.45) is 1.16. The number of oxime groups is 1. The van der Waals surface area contributed by atoms with E-state index in [1.54, 1.807) is 30.3 Å². The van der Waals surface area contributed by atoms with Gasteiger partial charge in [0.15, 0.2) is 0 Å². The van der Waals surface area contributed by atoms with Crippen LogP contribution in [-0.4, -0.2) is 23.0 Å². The normalized spacial score (nSPS) is 11.6. The van der Waals surface area contributed by atoms with Crippen LogP contribution in [-0.2, 0) is 0 Å². The van der Waals surface area contributed by atoms with Crippen LogP contribution in [0, 0.1) is 0 Å². The van der Waals surface area contributed by atoms with Gasteiger partial charge in [-0.05, 0) is 18.2 Å². The first-order valence-electron chi connectivity index (χ1n) is 6.07. The molecule has 0 fully saturated rings. The van der Waals surface area contributed by atoms with Crippen LogP contribution < -0.4 is 5.43 Å². The van der Waals surface area contributed by atoms with Crippen LogP contribution in [0.2, 0.25) is 0 Å². The van der Waals surface area contributed by atoms with E-state index in [2.05, 4.69) is 31.6 Å². The molecule has 0 spiro atoms. The van der Waals surface area contributed by atoms with Crippen molar-refractivity contribution >= 4 is 33.8 Å². The summed E-state index contributed by atoms with van der Waals surface area (Å²) in [5.74, 6) is -0.351. The number of benzene rings is 2. The van der Waals surface area contributed by atoms with Crippen molar-refractivity contribution < 1.29 is 10.0 Å². The molecule has 0 saturated carbocycles. The lowest BCUT2D eigenvalue weighted by Crippen LogP contribution is -2.20. The van der Waals surface area contributed by atoms with E-state index in [1.165, 1.54) is 0 Å². The molecule has 2 rings (SSSR count). The maximum Gasteiger partial charge on any atom is 0.271 e. The Morgan fingerprint density at radius 1 is 1.10 bits per heavy atom. The SMILES string of the molecule is O=C(N/N=C(/C=N/O)c1ccccc1)c1cccc(Br)c1. The number of hydrogen-bond donors (Lipinski definition) is 2. The Morgan fingerprint density at radius 3 is 2.48 bits per heavy atom. The van der Waals surface area contributed by atoms with Gasteiger partial charge in [-0.25, -0.2) is 5.43 Å². The predicted octanol–water partition coefficient (Wildman–Crippen LogP) is 3.04. The summed E-state index contributed by atoms with van der Waals surface area (Å²) in [5, 5.41) is 15.6. The minimum Gasteiger partial charge on any atom is -0.411 e. The zero-order chi connectivity index (χ0) is 15.1. The maximum absolute atomic E-state index is 12.0. The van der Waals surface area contributed by atoms with E-state index in [9.17, 15) is 4.79 Å². The Morgan fingerprint density at radius 2 is 1.81 bits per heavy atom. The molecule has 0 aliphatic rings. The molecule has 0 unspecified atom stereocenters. The first-order valence-corrected chi connectivity index (χ1v) is 6.86. The van der Waals surface area contributed by atoms with Gasteiger partial charge in [0.25, 0.3) is 5.91 Å². The van der Waals surface area contributed by atoms with Gasteiger partial charge in [-0.1, -0.05) is 57.5 Å². The van der Waals surface area contributed by atoms with Crippen LogP contribution in [0.1, 0.15) is 15.9 Å². The number of nitrogens with zero attached hydrogens (tertiary/aromatic N) is 2. The third-order valence-corrected chi connectivity index (χ3v) is 3.11. The lowest BCUT2D eigenvalue weighted by molar-refractivity contribution is 0.0955. The van der Waals surface area contributed by atoms with Crippen molar-refractivity contribution in [1.82, 2.24) is 5.43 Å². The summed E-state index contributed by atoms with van der Waals surface area (Å²) in [6.45, 7) is 0. The number of rotatable bonds is 4. The van der Waals surface area contributed by atoms with Crippen LogP contribution in [0.3, 0.4) is 0 Å². The first-order chi connectivity index (χ1) is 10.2.